The lowest BCUT2D eigenvalue weighted by Crippen LogP contribution is -2.04. The molecule has 6 heteroatoms. The van der Waals surface area contributed by atoms with E-state index in [-0.39, 0.29) is 22.7 Å². The highest BCUT2D eigenvalue weighted by Crippen LogP contribution is 2.37. The Kier molecular flexibility index (Phi) is 5.22. The number of aryl methyl sites for hydroxylation is 1. The summed E-state index contributed by atoms with van der Waals surface area (Å²) in [5.74, 6) is 0. The minimum absolute atomic E-state index is 0.0947. The van der Waals surface area contributed by atoms with Gasteiger partial charge in [-0.05, 0) is 61.5 Å². The fraction of sp³-hybridized carbons (Fsp3) is 0.333. The number of alkyl halides is 3. The van der Waals surface area contributed by atoms with Crippen molar-refractivity contribution in [2.24, 2.45) is 0 Å². The lowest BCUT2D eigenvalue weighted by molar-refractivity contribution is -0.0328. The molecule has 0 aliphatic rings. The van der Waals surface area contributed by atoms with Crippen molar-refractivity contribution in [2.75, 3.05) is 5.32 Å². The fourth-order valence-corrected chi connectivity index (χ4v) is 3.39. The van der Waals surface area contributed by atoms with Gasteiger partial charge in [-0.2, -0.15) is 13.2 Å². The first-order valence-electron chi connectivity index (χ1n) is 6.58. The smallest absolute Gasteiger partial charge is 0.378 e. The van der Waals surface area contributed by atoms with Crippen LogP contribution in [-0.4, -0.2) is 5.51 Å². The average molecular weight is 331 g/mol. The van der Waals surface area contributed by atoms with Crippen LogP contribution in [0.3, 0.4) is 0 Å². The Bertz CT molecular complexity index is 575. The van der Waals surface area contributed by atoms with Crippen molar-refractivity contribution in [1.82, 2.24) is 0 Å². The van der Waals surface area contributed by atoms with Crippen LogP contribution in [0.1, 0.15) is 29.6 Å². The van der Waals surface area contributed by atoms with E-state index in [1.807, 2.05) is 6.92 Å². The van der Waals surface area contributed by atoms with E-state index in [4.69, 9.17) is 0 Å². The SMILES string of the molecule is CCc1ccc(C(C)Nc2ccc(SC(F)(F)F)cc2)s1. The van der Waals surface area contributed by atoms with E-state index >= 15 is 0 Å². The van der Waals surface area contributed by atoms with Crippen LogP contribution in [0.2, 0.25) is 0 Å². The van der Waals surface area contributed by atoms with Gasteiger partial charge in [-0.25, -0.2) is 0 Å². The highest BCUT2D eigenvalue weighted by Gasteiger charge is 2.29. The van der Waals surface area contributed by atoms with Gasteiger partial charge in [-0.15, -0.1) is 11.3 Å². The zero-order valence-corrected chi connectivity index (χ0v) is 13.3. The average Bonchev–Trinajstić information content (AvgIpc) is 2.88. The normalized spacial score (nSPS) is 13.2. The van der Waals surface area contributed by atoms with Crippen molar-refractivity contribution < 1.29 is 13.2 Å². The van der Waals surface area contributed by atoms with E-state index in [0.717, 1.165) is 12.1 Å². The lowest BCUT2D eigenvalue weighted by Gasteiger charge is -2.14. The van der Waals surface area contributed by atoms with E-state index < -0.39 is 5.51 Å². The van der Waals surface area contributed by atoms with Crippen molar-refractivity contribution in [3.05, 3.63) is 46.2 Å². The Balaban J connectivity index is 1.99. The number of rotatable bonds is 5. The van der Waals surface area contributed by atoms with Crippen molar-refractivity contribution in [3.8, 4) is 0 Å². The molecule has 0 fully saturated rings. The zero-order valence-electron chi connectivity index (χ0n) is 11.7. The first kappa shape index (κ1) is 16.2. The molecule has 0 amide bonds. The van der Waals surface area contributed by atoms with Gasteiger partial charge in [-0.3, -0.25) is 0 Å². The van der Waals surface area contributed by atoms with Crippen LogP contribution in [0.4, 0.5) is 18.9 Å². The van der Waals surface area contributed by atoms with E-state index in [9.17, 15) is 13.2 Å². The predicted octanol–water partition coefficient (Wildman–Crippen LogP) is 6.10. The molecule has 1 atom stereocenters. The molecule has 0 spiro atoms. The minimum Gasteiger partial charge on any atom is -0.378 e. The van der Waals surface area contributed by atoms with Crippen molar-refractivity contribution in [1.29, 1.82) is 0 Å². The van der Waals surface area contributed by atoms with E-state index in [0.29, 0.717) is 0 Å². The predicted molar refractivity (Wildman–Crippen MR) is 84.1 cm³/mol. The molecule has 1 nitrogen and oxygen atoms in total. The van der Waals surface area contributed by atoms with Gasteiger partial charge in [0.05, 0.1) is 6.04 Å². The third-order valence-corrected chi connectivity index (χ3v) is 5.08. The Hall–Kier alpha value is -1.14. The molecule has 0 radical (unpaired) electrons. The summed E-state index contributed by atoms with van der Waals surface area (Å²) in [6.07, 6.45) is 1.01. The van der Waals surface area contributed by atoms with Gasteiger partial charge in [0.1, 0.15) is 0 Å². The molecule has 1 aromatic carbocycles. The molecular weight excluding hydrogens is 315 g/mol. The summed E-state index contributed by atoms with van der Waals surface area (Å²) in [6.45, 7) is 4.16. The largest absolute Gasteiger partial charge is 0.446 e. The Labute approximate surface area is 130 Å². The van der Waals surface area contributed by atoms with Crippen molar-refractivity contribution in [3.63, 3.8) is 0 Å². The van der Waals surface area contributed by atoms with Gasteiger partial charge in [-0.1, -0.05) is 6.92 Å². The fourth-order valence-electron chi connectivity index (χ4n) is 1.89. The third-order valence-electron chi connectivity index (χ3n) is 2.93. The van der Waals surface area contributed by atoms with Gasteiger partial charge in [0, 0.05) is 20.3 Å². The summed E-state index contributed by atoms with van der Waals surface area (Å²) in [5, 5.41) is 3.31. The number of benzene rings is 1. The van der Waals surface area contributed by atoms with Crippen LogP contribution < -0.4 is 5.32 Å². The molecule has 0 aliphatic heterocycles. The van der Waals surface area contributed by atoms with Crippen LogP contribution in [-0.2, 0) is 6.42 Å². The summed E-state index contributed by atoms with van der Waals surface area (Å²) in [6, 6.07) is 10.7. The zero-order chi connectivity index (χ0) is 15.5. The van der Waals surface area contributed by atoms with Gasteiger partial charge in [0.15, 0.2) is 0 Å². The molecular formula is C15H16F3NS2. The number of thiophene rings is 1. The van der Waals surface area contributed by atoms with Gasteiger partial charge in [0.2, 0.25) is 0 Å². The summed E-state index contributed by atoms with van der Waals surface area (Å²) in [4.78, 5) is 2.75. The number of anilines is 1. The molecule has 1 unspecified atom stereocenters. The third kappa shape index (κ3) is 4.97. The molecule has 0 saturated carbocycles. The number of hydrogen-bond donors (Lipinski definition) is 1. The second-order valence-electron chi connectivity index (χ2n) is 4.60. The van der Waals surface area contributed by atoms with Gasteiger partial charge < -0.3 is 5.32 Å². The van der Waals surface area contributed by atoms with Crippen LogP contribution in [0.25, 0.3) is 0 Å². The molecule has 1 heterocycles. The highest BCUT2D eigenvalue weighted by atomic mass is 32.2. The lowest BCUT2D eigenvalue weighted by atomic mass is 10.2. The monoisotopic (exact) mass is 331 g/mol. The molecule has 1 N–H and O–H groups in total. The standard InChI is InChI=1S/C15H16F3NS2/c1-3-12-8-9-14(20-12)10(2)19-11-4-6-13(7-5-11)21-15(16,17)18/h4-10,19H,3H2,1-2H3. The summed E-state index contributed by atoms with van der Waals surface area (Å²) in [7, 11) is 0. The van der Waals surface area contributed by atoms with Crippen molar-refractivity contribution >= 4 is 28.8 Å². The van der Waals surface area contributed by atoms with E-state index in [1.165, 1.54) is 21.9 Å². The summed E-state index contributed by atoms with van der Waals surface area (Å²) >= 11 is 1.66. The Morgan fingerprint density at radius 3 is 2.33 bits per heavy atom. The quantitative estimate of drug-likeness (QED) is 0.665. The maximum absolute atomic E-state index is 12.3. The molecule has 2 aromatic rings. The number of hydrogen-bond acceptors (Lipinski definition) is 3. The molecule has 1 aromatic heterocycles. The number of thioether (sulfide) groups is 1. The van der Waals surface area contributed by atoms with E-state index in [2.05, 4.69) is 24.4 Å². The van der Waals surface area contributed by atoms with Gasteiger partial charge in [0.25, 0.3) is 0 Å². The Morgan fingerprint density at radius 1 is 1.14 bits per heavy atom. The molecule has 114 valence electrons. The van der Waals surface area contributed by atoms with Crippen LogP contribution >= 0.6 is 23.1 Å². The first-order chi connectivity index (χ1) is 9.87. The summed E-state index contributed by atoms with van der Waals surface area (Å²) < 4.78 is 36.8. The maximum atomic E-state index is 12.3. The Morgan fingerprint density at radius 2 is 1.81 bits per heavy atom. The minimum atomic E-state index is -4.24. The molecule has 0 saturated heterocycles. The topological polar surface area (TPSA) is 12.0 Å². The second-order valence-corrected chi connectivity index (χ2v) is 6.93. The molecule has 0 bridgehead atoms. The first-order valence-corrected chi connectivity index (χ1v) is 8.21. The van der Waals surface area contributed by atoms with Crippen LogP contribution in [0, 0.1) is 0 Å². The maximum Gasteiger partial charge on any atom is 0.446 e. The molecule has 2 rings (SSSR count). The van der Waals surface area contributed by atoms with Gasteiger partial charge >= 0.3 is 5.51 Å². The number of nitrogens with one attached hydrogen (secondary N) is 1. The second kappa shape index (κ2) is 6.75. The van der Waals surface area contributed by atoms with Crippen molar-refractivity contribution in [2.45, 2.75) is 36.7 Å². The molecule has 0 aliphatic carbocycles. The number of halogens is 3. The van der Waals surface area contributed by atoms with Crippen LogP contribution in [0.5, 0.6) is 0 Å². The highest BCUT2D eigenvalue weighted by molar-refractivity contribution is 8.00. The summed E-state index contributed by atoms with van der Waals surface area (Å²) in [5.41, 5.74) is -3.42. The molecule has 21 heavy (non-hydrogen) atoms. The van der Waals surface area contributed by atoms with E-state index in [1.54, 1.807) is 23.5 Å². The van der Waals surface area contributed by atoms with Crippen LogP contribution in [0.15, 0.2) is 41.3 Å².